The van der Waals surface area contributed by atoms with Crippen LogP contribution in [-0.2, 0) is 16.1 Å². The Morgan fingerprint density at radius 3 is 2.70 bits per heavy atom. The molecule has 2 aliphatic rings. The number of amides is 4. The van der Waals surface area contributed by atoms with Crippen molar-refractivity contribution in [3.63, 3.8) is 0 Å². The first-order valence-electron chi connectivity index (χ1n) is 10.3. The number of nitrogens with zero attached hydrogens (tertiary/aromatic N) is 3. The number of aromatic nitrogens is 2. The van der Waals surface area contributed by atoms with Gasteiger partial charge in [-0.1, -0.05) is 6.07 Å². The highest BCUT2D eigenvalue weighted by Crippen LogP contribution is 2.35. The fourth-order valence-electron chi connectivity index (χ4n) is 4.41. The SMILES string of the molecule is COc1ccc2c(-c3ccc4c(c3)CN(C3CCC(=O)NC3=O)C4=O)c(C(N)=O)nnc2c1. The molecule has 5 rings (SSSR count). The summed E-state index contributed by atoms with van der Waals surface area (Å²) < 4.78 is 5.25. The molecule has 10 nitrogen and oxygen atoms in total. The van der Waals surface area contributed by atoms with Gasteiger partial charge in [0, 0.05) is 35.5 Å². The Kier molecular flexibility index (Phi) is 4.77. The second-order valence-electron chi connectivity index (χ2n) is 7.94. The number of hydrogen-bond donors (Lipinski definition) is 2. The Bertz CT molecular complexity index is 1370. The summed E-state index contributed by atoms with van der Waals surface area (Å²) >= 11 is 0. The zero-order valence-corrected chi connectivity index (χ0v) is 17.6. The molecule has 1 atom stereocenters. The van der Waals surface area contributed by atoms with Crippen molar-refractivity contribution in [2.75, 3.05) is 7.11 Å². The van der Waals surface area contributed by atoms with Crippen LogP contribution in [0.2, 0.25) is 0 Å². The van der Waals surface area contributed by atoms with Crippen molar-refractivity contribution in [1.29, 1.82) is 0 Å². The van der Waals surface area contributed by atoms with Crippen molar-refractivity contribution in [3.05, 3.63) is 53.2 Å². The van der Waals surface area contributed by atoms with E-state index in [-0.39, 0.29) is 36.9 Å². The third-order valence-electron chi connectivity index (χ3n) is 6.01. The lowest BCUT2D eigenvalue weighted by molar-refractivity contribution is -0.136. The zero-order valence-electron chi connectivity index (χ0n) is 17.6. The lowest BCUT2D eigenvalue weighted by atomic mass is 9.96. The number of methoxy groups -OCH3 is 1. The number of nitrogens with one attached hydrogen (secondary N) is 1. The number of imide groups is 1. The molecule has 33 heavy (non-hydrogen) atoms. The van der Waals surface area contributed by atoms with Crippen LogP contribution in [0.5, 0.6) is 5.75 Å². The molecule has 2 aromatic carbocycles. The van der Waals surface area contributed by atoms with Crippen LogP contribution < -0.4 is 15.8 Å². The predicted octanol–water partition coefficient (Wildman–Crippen LogP) is 1.17. The number of carbonyl (C=O) groups is 4. The maximum Gasteiger partial charge on any atom is 0.269 e. The van der Waals surface area contributed by atoms with E-state index < -0.39 is 17.9 Å². The van der Waals surface area contributed by atoms with Crippen LogP contribution in [0.4, 0.5) is 0 Å². The van der Waals surface area contributed by atoms with Crippen LogP contribution in [0.1, 0.15) is 39.3 Å². The highest BCUT2D eigenvalue weighted by atomic mass is 16.5. The van der Waals surface area contributed by atoms with E-state index in [1.54, 1.807) is 43.5 Å². The van der Waals surface area contributed by atoms with Gasteiger partial charge in [0.05, 0.1) is 12.6 Å². The van der Waals surface area contributed by atoms with Crippen LogP contribution in [0.3, 0.4) is 0 Å². The van der Waals surface area contributed by atoms with Gasteiger partial charge in [0.2, 0.25) is 11.8 Å². The molecule has 0 bridgehead atoms. The number of hydrogen-bond acceptors (Lipinski definition) is 7. The fourth-order valence-corrected chi connectivity index (χ4v) is 4.41. The summed E-state index contributed by atoms with van der Waals surface area (Å²) in [6.45, 7) is 0.213. The smallest absolute Gasteiger partial charge is 0.269 e. The quantitative estimate of drug-likeness (QED) is 0.573. The molecule has 4 amide bonds. The van der Waals surface area contributed by atoms with Crippen molar-refractivity contribution in [2.24, 2.45) is 5.73 Å². The number of piperidine rings is 1. The van der Waals surface area contributed by atoms with Gasteiger partial charge in [-0.3, -0.25) is 24.5 Å². The summed E-state index contributed by atoms with van der Waals surface area (Å²) in [5.41, 5.74) is 8.44. The average Bonchev–Trinajstić information content (AvgIpc) is 3.13. The van der Waals surface area contributed by atoms with Crippen LogP contribution in [0.15, 0.2) is 36.4 Å². The second kappa shape index (κ2) is 7.66. The topological polar surface area (TPSA) is 145 Å². The van der Waals surface area contributed by atoms with Crippen molar-refractivity contribution < 1.29 is 23.9 Å². The number of carbonyl (C=O) groups excluding carboxylic acids is 4. The summed E-state index contributed by atoms with van der Waals surface area (Å²) in [5, 5.41) is 11.1. The monoisotopic (exact) mass is 445 g/mol. The molecule has 3 N–H and O–H groups in total. The van der Waals surface area contributed by atoms with Crippen molar-refractivity contribution in [2.45, 2.75) is 25.4 Å². The van der Waals surface area contributed by atoms with Crippen molar-refractivity contribution in [3.8, 4) is 16.9 Å². The average molecular weight is 445 g/mol. The number of fused-ring (bicyclic) bond motifs is 2. The number of benzene rings is 2. The molecule has 1 saturated heterocycles. The molecule has 0 spiro atoms. The number of primary amides is 1. The van der Waals surface area contributed by atoms with E-state index in [0.717, 1.165) is 0 Å². The molecule has 0 saturated carbocycles. The highest BCUT2D eigenvalue weighted by Gasteiger charge is 2.39. The van der Waals surface area contributed by atoms with Gasteiger partial charge in [0.1, 0.15) is 11.8 Å². The molecule has 2 aliphatic heterocycles. The largest absolute Gasteiger partial charge is 0.497 e. The number of nitrogens with two attached hydrogens (primary N) is 1. The fraction of sp³-hybridized carbons (Fsp3) is 0.217. The molecule has 0 radical (unpaired) electrons. The maximum absolute atomic E-state index is 13.0. The third-order valence-corrected chi connectivity index (χ3v) is 6.01. The zero-order chi connectivity index (χ0) is 23.3. The summed E-state index contributed by atoms with van der Waals surface area (Å²) in [7, 11) is 1.54. The number of rotatable bonds is 4. The van der Waals surface area contributed by atoms with Crippen LogP contribution in [0, 0.1) is 0 Å². The van der Waals surface area contributed by atoms with E-state index >= 15 is 0 Å². The van der Waals surface area contributed by atoms with E-state index in [1.807, 2.05) is 0 Å². The first-order chi connectivity index (χ1) is 15.9. The normalized spacial score (nSPS) is 17.8. The minimum Gasteiger partial charge on any atom is -0.497 e. The Hall–Kier alpha value is -4.34. The van der Waals surface area contributed by atoms with Gasteiger partial charge in [-0.05, 0) is 41.8 Å². The first-order valence-corrected chi connectivity index (χ1v) is 10.3. The van der Waals surface area contributed by atoms with E-state index in [9.17, 15) is 19.2 Å². The standard InChI is InChI=1S/C23H19N5O5/c1-33-13-3-5-15-16(9-13)26-27-20(21(24)30)19(15)11-2-4-14-12(8-11)10-28(23(14)32)17-6-7-18(29)25-22(17)31/h2-5,8-9,17H,6-7,10H2,1H3,(H2,24,30)(H,25,29,31). The molecule has 1 aromatic heterocycles. The van der Waals surface area contributed by atoms with Gasteiger partial charge in [0.25, 0.3) is 11.8 Å². The van der Waals surface area contributed by atoms with Gasteiger partial charge >= 0.3 is 0 Å². The Morgan fingerprint density at radius 1 is 1.15 bits per heavy atom. The van der Waals surface area contributed by atoms with Gasteiger partial charge < -0.3 is 15.4 Å². The predicted molar refractivity (Wildman–Crippen MR) is 116 cm³/mol. The molecule has 3 heterocycles. The van der Waals surface area contributed by atoms with E-state index in [4.69, 9.17) is 10.5 Å². The summed E-state index contributed by atoms with van der Waals surface area (Å²) in [4.78, 5) is 50.4. The van der Waals surface area contributed by atoms with Crippen LogP contribution >= 0.6 is 0 Å². The molecule has 3 aromatic rings. The van der Waals surface area contributed by atoms with E-state index in [0.29, 0.717) is 38.9 Å². The molecule has 1 fully saturated rings. The highest BCUT2D eigenvalue weighted by molar-refractivity contribution is 6.08. The van der Waals surface area contributed by atoms with Crippen molar-refractivity contribution >= 4 is 34.5 Å². The molecule has 1 unspecified atom stereocenters. The van der Waals surface area contributed by atoms with Gasteiger partial charge in [0.15, 0.2) is 5.69 Å². The van der Waals surface area contributed by atoms with Gasteiger partial charge in [-0.2, -0.15) is 0 Å². The molecule has 10 heteroatoms. The van der Waals surface area contributed by atoms with Gasteiger partial charge in [-0.15, -0.1) is 10.2 Å². The lowest BCUT2D eigenvalue weighted by Gasteiger charge is -2.29. The van der Waals surface area contributed by atoms with Crippen LogP contribution in [0.25, 0.3) is 22.0 Å². The number of ether oxygens (including phenoxy) is 1. The maximum atomic E-state index is 13.0. The summed E-state index contributed by atoms with van der Waals surface area (Å²) in [6, 6.07) is 9.71. The van der Waals surface area contributed by atoms with E-state index in [2.05, 4.69) is 15.5 Å². The summed E-state index contributed by atoms with van der Waals surface area (Å²) in [6.07, 6.45) is 0.464. The minimum absolute atomic E-state index is 0.0129. The Balaban J connectivity index is 1.58. The minimum atomic E-state index is -0.725. The second-order valence-corrected chi connectivity index (χ2v) is 7.94. The Labute approximate surface area is 187 Å². The first kappa shape index (κ1) is 20.6. The lowest BCUT2D eigenvalue weighted by Crippen LogP contribution is -2.52. The molecular formula is C23H19N5O5. The Morgan fingerprint density at radius 2 is 1.97 bits per heavy atom. The molecule has 166 valence electrons. The van der Waals surface area contributed by atoms with Crippen molar-refractivity contribution in [1.82, 2.24) is 20.4 Å². The van der Waals surface area contributed by atoms with Gasteiger partial charge in [-0.25, -0.2) is 0 Å². The molecular weight excluding hydrogens is 426 g/mol. The van der Waals surface area contributed by atoms with E-state index in [1.165, 1.54) is 4.90 Å². The summed E-state index contributed by atoms with van der Waals surface area (Å²) in [5.74, 6) is -1.22. The molecule has 0 aliphatic carbocycles. The van der Waals surface area contributed by atoms with Crippen LogP contribution in [-0.4, -0.2) is 51.9 Å². The third kappa shape index (κ3) is 3.36.